The number of carbonyl (C=O) groups excluding carboxylic acids is 1. The number of phenols is 1. The number of aliphatic hydroxyl groups is 4. The second kappa shape index (κ2) is 10.6. The van der Waals surface area contributed by atoms with E-state index in [9.17, 15) is 30.3 Å². The zero-order chi connectivity index (χ0) is 29.3. The van der Waals surface area contributed by atoms with Crippen LogP contribution in [-0.2, 0) is 41.7 Å². The summed E-state index contributed by atoms with van der Waals surface area (Å²) in [6.07, 6.45) is -6.95. The maximum absolute atomic E-state index is 13.3. The Labute approximate surface area is 240 Å². The van der Waals surface area contributed by atoms with Crippen LogP contribution >= 0.6 is 0 Å². The lowest BCUT2D eigenvalue weighted by Gasteiger charge is -2.47. The number of benzene rings is 2. The Morgan fingerprint density at radius 1 is 0.905 bits per heavy atom. The van der Waals surface area contributed by atoms with E-state index in [4.69, 9.17) is 33.2 Å². The van der Waals surface area contributed by atoms with Gasteiger partial charge in [0.15, 0.2) is 24.1 Å². The summed E-state index contributed by atoms with van der Waals surface area (Å²) >= 11 is 0. The van der Waals surface area contributed by atoms with Crippen molar-refractivity contribution in [3.8, 4) is 17.2 Å². The van der Waals surface area contributed by atoms with Crippen LogP contribution in [0.5, 0.6) is 17.2 Å². The fourth-order valence-corrected chi connectivity index (χ4v) is 6.85. The first-order chi connectivity index (χ1) is 20.3. The predicted octanol–water partition coefficient (Wildman–Crippen LogP) is 0.306. The quantitative estimate of drug-likeness (QED) is 0.301. The largest absolute Gasteiger partial charge is 0.507 e. The highest BCUT2D eigenvalue weighted by molar-refractivity contribution is 5.78. The highest BCUT2D eigenvalue weighted by Crippen LogP contribution is 2.56. The van der Waals surface area contributed by atoms with Gasteiger partial charge in [-0.15, -0.1) is 0 Å². The molecular weight excluding hydrogens is 556 g/mol. The van der Waals surface area contributed by atoms with Gasteiger partial charge < -0.3 is 58.7 Å². The first-order valence-electron chi connectivity index (χ1n) is 13.9. The minimum Gasteiger partial charge on any atom is -0.507 e. The molecule has 13 nitrogen and oxygen atoms in total. The van der Waals surface area contributed by atoms with E-state index in [1.165, 1.54) is 0 Å². The van der Waals surface area contributed by atoms with E-state index in [1.54, 1.807) is 31.2 Å². The first-order valence-corrected chi connectivity index (χ1v) is 13.9. The molecule has 10 atom stereocenters. The summed E-state index contributed by atoms with van der Waals surface area (Å²) in [7, 11) is 0. The number of fused-ring (bicyclic) bond motifs is 4. The Bertz CT molecular complexity index is 1350. The third-order valence-corrected chi connectivity index (χ3v) is 8.87. The van der Waals surface area contributed by atoms with Gasteiger partial charge in [0.2, 0.25) is 6.79 Å². The highest BCUT2D eigenvalue weighted by Gasteiger charge is 2.56. The van der Waals surface area contributed by atoms with Crippen molar-refractivity contribution in [2.75, 3.05) is 20.0 Å². The number of rotatable bonds is 5. The van der Waals surface area contributed by atoms with Crippen molar-refractivity contribution in [1.29, 1.82) is 0 Å². The van der Waals surface area contributed by atoms with Crippen molar-refractivity contribution in [2.24, 2.45) is 11.8 Å². The van der Waals surface area contributed by atoms with Crippen molar-refractivity contribution in [3.63, 3.8) is 0 Å². The first kappa shape index (κ1) is 27.8. The predicted molar refractivity (Wildman–Crippen MR) is 137 cm³/mol. The number of ether oxygens (including phenoxy) is 7. The molecule has 3 fully saturated rings. The van der Waals surface area contributed by atoms with Crippen molar-refractivity contribution >= 4 is 5.97 Å². The zero-order valence-corrected chi connectivity index (χ0v) is 22.6. The fourth-order valence-electron chi connectivity index (χ4n) is 6.85. The minimum absolute atomic E-state index is 0.00395. The van der Waals surface area contributed by atoms with E-state index < -0.39 is 80.0 Å². The zero-order valence-electron chi connectivity index (χ0n) is 22.6. The Hall–Kier alpha value is -3.01. The average Bonchev–Trinajstić information content (AvgIpc) is 3.61. The van der Waals surface area contributed by atoms with Crippen molar-refractivity contribution in [2.45, 2.75) is 69.2 Å². The maximum atomic E-state index is 13.3. The molecule has 0 spiro atoms. The van der Waals surface area contributed by atoms with Crippen LogP contribution in [0.1, 0.15) is 46.8 Å². The van der Waals surface area contributed by atoms with E-state index in [0.717, 1.165) is 0 Å². The molecule has 3 saturated heterocycles. The van der Waals surface area contributed by atoms with Gasteiger partial charge in [0.25, 0.3) is 0 Å². The normalized spacial score (nSPS) is 36.6. The Balaban J connectivity index is 1.32. The fraction of sp³-hybridized carbons (Fsp3) is 0.552. The van der Waals surface area contributed by atoms with Crippen molar-refractivity contribution < 1.29 is 63.5 Å². The van der Waals surface area contributed by atoms with Crippen LogP contribution in [0, 0.1) is 11.8 Å². The van der Waals surface area contributed by atoms with Gasteiger partial charge in [-0.2, -0.15) is 0 Å². The number of hydrogen-bond donors (Lipinski definition) is 5. The minimum atomic E-state index is -1.46. The summed E-state index contributed by atoms with van der Waals surface area (Å²) in [6.45, 7) is 0.875. The molecule has 0 aromatic heterocycles. The molecule has 7 rings (SSSR count). The molecule has 5 aliphatic rings. The molecule has 0 bridgehead atoms. The number of aliphatic hydroxyl groups excluding tert-OH is 4. The van der Waals surface area contributed by atoms with Crippen LogP contribution in [-0.4, -0.2) is 88.5 Å². The van der Waals surface area contributed by atoms with Crippen molar-refractivity contribution in [3.05, 3.63) is 52.1 Å². The molecule has 1 unspecified atom stereocenters. The molecule has 226 valence electrons. The third-order valence-electron chi connectivity index (χ3n) is 8.87. The highest BCUT2D eigenvalue weighted by atomic mass is 16.8. The number of esters is 1. The van der Waals surface area contributed by atoms with Gasteiger partial charge in [-0.3, -0.25) is 4.79 Å². The summed E-state index contributed by atoms with van der Waals surface area (Å²) in [4.78, 5) is 13.3. The second-order valence-corrected chi connectivity index (χ2v) is 11.2. The van der Waals surface area contributed by atoms with Gasteiger partial charge >= 0.3 is 5.97 Å². The summed E-state index contributed by atoms with van der Waals surface area (Å²) in [5.74, 6) is -1.71. The molecule has 5 N–H and O–H groups in total. The summed E-state index contributed by atoms with van der Waals surface area (Å²) in [5.41, 5.74) is 2.25. The lowest BCUT2D eigenvalue weighted by atomic mass is 9.66. The molecule has 4 aliphatic heterocycles. The van der Waals surface area contributed by atoms with Crippen LogP contribution in [0.2, 0.25) is 0 Å². The van der Waals surface area contributed by atoms with Crippen LogP contribution in [0.15, 0.2) is 24.3 Å². The second-order valence-electron chi connectivity index (χ2n) is 11.2. The molecule has 0 saturated carbocycles. The number of aromatic hydroxyl groups is 1. The van der Waals surface area contributed by atoms with Gasteiger partial charge in [0.1, 0.15) is 30.2 Å². The molecule has 1 aliphatic carbocycles. The van der Waals surface area contributed by atoms with Gasteiger partial charge in [-0.05, 0) is 47.9 Å². The van der Waals surface area contributed by atoms with E-state index in [1.807, 2.05) is 0 Å². The van der Waals surface area contributed by atoms with E-state index in [0.29, 0.717) is 28.2 Å². The third kappa shape index (κ3) is 4.35. The van der Waals surface area contributed by atoms with Crippen LogP contribution in [0.4, 0.5) is 0 Å². The molecular formula is C29H32O13. The Kier molecular flexibility index (Phi) is 7.02. The standard InChI is InChI=1S/C29H32O13/c1-11-36-9-20-27(40-11)24(33)25(34)29(41-20)42-26-16-5-19-18(38-10-39-19)4-15(16)21(22-17(26)8-37-28(22)35)12-2-13(6-30)23(32)14(3-12)7-31/h2-5,11,17,20-22,24-27,29-34H,6-10H2,1H3/t11-,17+,20?,21-,22+,24-,25-,26-,27-,29+/m1/s1. The maximum Gasteiger partial charge on any atom is 0.310 e. The Morgan fingerprint density at radius 3 is 2.29 bits per heavy atom. The monoisotopic (exact) mass is 588 g/mol. The molecule has 4 heterocycles. The topological polar surface area (TPSA) is 183 Å². The average molecular weight is 589 g/mol. The van der Waals surface area contributed by atoms with Crippen LogP contribution in [0.3, 0.4) is 0 Å². The van der Waals surface area contributed by atoms with E-state index in [2.05, 4.69) is 0 Å². The molecule has 2 aromatic rings. The lowest BCUT2D eigenvalue weighted by Crippen LogP contribution is -2.63. The molecule has 0 amide bonds. The van der Waals surface area contributed by atoms with E-state index >= 15 is 0 Å². The summed E-state index contributed by atoms with van der Waals surface area (Å²) < 4.78 is 40.5. The smallest absolute Gasteiger partial charge is 0.310 e. The number of hydrogen-bond acceptors (Lipinski definition) is 13. The number of carbonyl (C=O) groups is 1. The lowest BCUT2D eigenvalue weighted by molar-refractivity contribution is -0.364. The Morgan fingerprint density at radius 2 is 1.60 bits per heavy atom. The van der Waals surface area contributed by atoms with Crippen molar-refractivity contribution in [1.82, 2.24) is 0 Å². The van der Waals surface area contributed by atoms with Gasteiger partial charge in [-0.1, -0.05) is 0 Å². The summed E-state index contributed by atoms with van der Waals surface area (Å²) in [6, 6.07) is 6.73. The van der Waals surface area contributed by atoms with Gasteiger partial charge in [-0.25, -0.2) is 0 Å². The molecule has 42 heavy (non-hydrogen) atoms. The van der Waals surface area contributed by atoms with Crippen LogP contribution < -0.4 is 9.47 Å². The molecule has 2 aromatic carbocycles. The van der Waals surface area contributed by atoms with Gasteiger partial charge in [0, 0.05) is 23.0 Å². The molecule has 0 radical (unpaired) electrons. The van der Waals surface area contributed by atoms with Gasteiger partial charge in [0.05, 0.1) is 38.4 Å². The SMILES string of the molecule is C[C@@H]1OCC2O[C@@H](O[C@@H]3c4cc5c(cc4[C@@H](c4cc(CO)c(O)c(CO)c4)[C@H]4C(=O)OC[C@@H]43)OCO5)[C@H](O)[C@@H](O)[C@@H]2O1. The summed E-state index contributed by atoms with van der Waals surface area (Å²) in [5, 5.41) is 52.3. The number of cyclic esters (lactones) is 1. The van der Waals surface area contributed by atoms with E-state index in [-0.39, 0.29) is 36.9 Å². The molecule has 13 heteroatoms. The van der Waals surface area contributed by atoms with Crippen LogP contribution in [0.25, 0.3) is 0 Å².